The quantitative estimate of drug-likeness (QED) is 0.835. The van der Waals surface area contributed by atoms with Crippen LogP contribution in [0.15, 0.2) is 18.5 Å². The predicted octanol–water partition coefficient (Wildman–Crippen LogP) is 3.84. The van der Waals surface area contributed by atoms with Crippen LogP contribution in [0.25, 0.3) is 0 Å². The van der Waals surface area contributed by atoms with E-state index in [4.69, 9.17) is 0 Å². The number of anilines is 1. The molecule has 0 unspecified atom stereocenters. The summed E-state index contributed by atoms with van der Waals surface area (Å²) < 4.78 is 0. The van der Waals surface area contributed by atoms with Gasteiger partial charge in [-0.2, -0.15) is 0 Å². The van der Waals surface area contributed by atoms with E-state index in [0.29, 0.717) is 5.41 Å². The lowest BCUT2D eigenvalue weighted by Crippen LogP contribution is -2.38. The number of piperidine rings is 1. The first-order valence-electron chi connectivity index (χ1n) is 8.41. The monoisotopic (exact) mass is 289 g/mol. The van der Waals surface area contributed by atoms with Crippen molar-refractivity contribution in [3.05, 3.63) is 24.0 Å². The van der Waals surface area contributed by atoms with Gasteiger partial charge >= 0.3 is 0 Å². The van der Waals surface area contributed by atoms with Gasteiger partial charge in [0.1, 0.15) is 0 Å². The molecule has 1 saturated heterocycles. The minimum absolute atomic E-state index is 0.440. The fourth-order valence-electron chi connectivity index (χ4n) is 3.25. The van der Waals surface area contributed by atoms with E-state index >= 15 is 0 Å². The molecule has 21 heavy (non-hydrogen) atoms. The Kier molecular flexibility index (Phi) is 5.63. The Balaban J connectivity index is 1.99. The first-order chi connectivity index (χ1) is 10.0. The largest absolute Gasteiger partial charge is 0.371 e. The summed E-state index contributed by atoms with van der Waals surface area (Å²) >= 11 is 0. The molecule has 0 bridgehead atoms. The molecule has 1 aromatic rings. The van der Waals surface area contributed by atoms with E-state index in [1.165, 1.54) is 43.6 Å². The van der Waals surface area contributed by atoms with Crippen molar-refractivity contribution in [2.75, 3.05) is 24.5 Å². The summed E-state index contributed by atoms with van der Waals surface area (Å²) in [5.41, 5.74) is 3.15. The maximum Gasteiger partial charge on any atom is 0.0442 e. The Bertz CT molecular complexity index is 428. The number of rotatable bonds is 5. The van der Waals surface area contributed by atoms with E-state index in [1.807, 2.05) is 12.4 Å². The number of nitrogens with one attached hydrogen (secondary N) is 1. The summed E-state index contributed by atoms with van der Waals surface area (Å²) in [4.78, 5) is 6.85. The van der Waals surface area contributed by atoms with E-state index in [2.05, 4.69) is 49.0 Å². The highest BCUT2D eigenvalue weighted by molar-refractivity contribution is 5.52. The third kappa shape index (κ3) is 4.44. The molecule has 1 aliphatic rings. The van der Waals surface area contributed by atoms with E-state index in [0.717, 1.165) is 19.0 Å². The normalized spacial score (nSPS) is 17.2. The average molecular weight is 289 g/mol. The Morgan fingerprint density at radius 3 is 2.62 bits per heavy atom. The molecule has 1 aromatic heterocycles. The number of hydrogen-bond donors (Lipinski definition) is 1. The standard InChI is InChI=1S/C18H31N3/c1-5-9-19-13-15-14-20-10-6-17(15)21-11-7-16(8-12-21)18(2,3)4/h6,10,14,16,19H,5,7-9,11-13H2,1-4H3. The third-order valence-electron chi connectivity index (χ3n) is 4.68. The lowest BCUT2D eigenvalue weighted by molar-refractivity contribution is 0.199. The summed E-state index contributed by atoms with van der Waals surface area (Å²) in [7, 11) is 0. The zero-order valence-corrected chi connectivity index (χ0v) is 14.2. The Morgan fingerprint density at radius 1 is 1.29 bits per heavy atom. The van der Waals surface area contributed by atoms with E-state index in [1.54, 1.807) is 0 Å². The molecule has 0 aromatic carbocycles. The summed E-state index contributed by atoms with van der Waals surface area (Å²) in [6.45, 7) is 13.7. The second-order valence-corrected chi connectivity index (χ2v) is 7.31. The van der Waals surface area contributed by atoms with Gasteiger partial charge in [-0.25, -0.2) is 0 Å². The van der Waals surface area contributed by atoms with Gasteiger partial charge in [0, 0.05) is 43.3 Å². The fourth-order valence-corrected chi connectivity index (χ4v) is 3.25. The number of hydrogen-bond acceptors (Lipinski definition) is 3. The van der Waals surface area contributed by atoms with Crippen LogP contribution in [0.4, 0.5) is 5.69 Å². The van der Waals surface area contributed by atoms with Crippen LogP contribution in [0.5, 0.6) is 0 Å². The molecule has 118 valence electrons. The predicted molar refractivity (Wildman–Crippen MR) is 90.6 cm³/mol. The van der Waals surface area contributed by atoms with Crippen LogP contribution in [0, 0.1) is 11.3 Å². The van der Waals surface area contributed by atoms with Crippen molar-refractivity contribution in [2.45, 2.75) is 53.5 Å². The van der Waals surface area contributed by atoms with Gasteiger partial charge in [-0.3, -0.25) is 4.98 Å². The van der Waals surface area contributed by atoms with Crippen molar-refractivity contribution < 1.29 is 0 Å². The molecule has 0 atom stereocenters. The summed E-state index contributed by atoms with van der Waals surface area (Å²) in [6.07, 6.45) is 7.72. The van der Waals surface area contributed by atoms with Gasteiger partial charge in [0.15, 0.2) is 0 Å². The van der Waals surface area contributed by atoms with Crippen molar-refractivity contribution in [1.29, 1.82) is 0 Å². The molecule has 1 aliphatic heterocycles. The van der Waals surface area contributed by atoms with Crippen molar-refractivity contribution in [3.63, 3.8) is 0 Å². The molecular weight excluding hydrogens is 258 g/mol. The van der Waals surface area contributed by atoms with Crippen LogP contribution in [-0.2, 0) is 6.54 Å². The van der Waals surface area contributed by atoms with Crippen LogP contribution >= 0.6 is 0 Å². The maximum atomic E-state index is 4.31. The first-order valence-corrected chi connectivity index (χ1v) is 8.41. The SMILES string of the molecule is CCCNCc1cnccc1N1CCC(C(C)(C)C)CC1. The van der Waals surface area contributed by atoms with Crippen LogP contribution in [0.1, 0.15) is 52.5 Å². The Labute approximate surface area is 130 Å². The molecule has 2 rings (SSSR count). The van der Waals surface area contributed by atoms with E-state index < -0.39 is 0 Å². The highest BCUT2D eigenvalue weighted by Gasteiger charge is 2.29. The average Bonchev–Trinajstić information content (AvgIpc) is 2.47. The van der Waals surface area contributed by atoms with Crippen molar-refractivity contribution in [3.8, 4) is 0 Å². The minimum atomic E-state index is 0.440. The van der Waals surface area contributed by atoms with E-state index in [9.17, 15) is 0 Å². The second-order valence-electron chi connectivity index (χ2n) is 7.31. The van der Waals surface area contributed by atoms with Crippen LogP contribution in [-0.4, -0.2) is 24.6 Å². The van der Waals surface area contributed by atoms with Crippen LogP contribution in [0.2, 0.25) is 0 Å². The van der Waals surface area contributed by atoms with E-state index in [-0.39, 0.29) is 0 Å². The molecule has 1 fully saturated rings. The topological polar surface area (TPSA) is 28.2 Å². The Hall–Kier alpha value is -1.09. The highest BCUT2D eigenvalue weighted by Crippen LogP contribution is 2.36. The number of aromatic nitrogens is 1. The van der Waals surface area contributed by atoms with Crippen molar-refractivity contribution in [1.82, 2.24) is 10.3 Å². The zero-order chi connectivity index (χ0) is 15.3. The number of nitrogens with zero attached hydrogens (tertiary/aromatic N) is 2. The van der Waals surface area contributed by atoms with Gasteiger partial charge in [0.05, 0.1) is 0 Å². The molecule has 0 radical (unpaired) electrons. The molecule has 2 heterocycles. The molecule has 3 heteroatoms. The lowest BCUT2D eigenvalue weighted by atomic mass is 9.75. The lowest BCUT2D eigenvalue weighted by Gasteiger charge is -2.40. The van der Waals surface area contributed by atoms with Gasteiger partial charge in [-0.1, -0.05) is 27.7 Å². The summed E-state index contributed by atoms with van der Waals surface area (Å²) in [5.74, 6) is 0.845. The molecule has 0 aliphatic carbocycles. The van der Waals surface area contributed by atoms with Gasteiger partial charge in [0.25, 0.3) is 0 Å². The van der Waals surface area contributed by atoms with Crippen molar-refractivity contribution >= 4 is 5.69 Å². The molecule has 1 N–H and O–H groups in total. The molecule has 3 nitrogen and oxygen atoms in total. The third-order valence-corrected chi connectivity index (χ3v) is 4.68. The fraction of sp³-hybridized carbons (Fsp3) is 0.722. The van der Waals surface area contributed by atoms with Crippen molar-refractivity contribution in [2.24, 2.45) is 11.3 Å². The first kappa shape index (κ1) is 16.3. The van der Waals surface area contributed by atoms with Crippen LogP contribution in [0.3, 0.4) is 0 Å². The zero-order valence-electron chi connectivity index (χ0n) is 14.2. The molecule has 0 spiro atoms. The summed E-state index contributed by atoms with van der Waals surface area (Å²) in [5, 5.41) is 3.50. The molecule has 0 amide bonds. The van der Waals surface area contributed by atoms with Gasteiger partial charge < -0.3 is 10.2 Å². The Morgan fingerprint density at radius 2 is 2.00 bits per heavy atom. The van der Waals surface area contributed by atoms with Gasteiger partial charge in [-0.05, 0) is 43.2 Å². The summed E-state index contributed by atoms with van der Waals surface area (Å²) in [6, 6.07) is 2.18. The highest BCUT2D eigenvalue weighted by atomic mass is 15.1. The van der Waals surface area contributed by atoms with Gasteiger partial charge in [-0.15, -0.1) is 0 Å². The smallest absolute Gasteiger partial charge is 0.0442 e. The molecular formula is C18H31N3. The number of pyridine rings is 1. The van der Waals surface area contributed by atoms with Gasteiger partial charge in [0.2, 0.25) is 0 Å². The van der Waals surface area contributed by atoms with Crippen LogP contribution < -0.4 is 10.2 Å². The minimum Gasteiger partial charge on any atom is -0.371 e. The second kappa shape index (κ2) is 7.26. The maximum absolute atomic E-state index is 4.31. The molecule has 0 saturated carbocycles.